The Morgan fingerprint density at radius 1 is 0.757 bits per heavy atom. The Labute approximate surface area is 705 Å². The molecule has 8 rings (SSSR count). The Kier molecular flexibility index (Phi) is 41.4. The van der Waals surface area contributed by atoms with Gasteiger partial charge in [-0.2, -0.15) is 36.5 Å². The molecule has 1 saturated carbocycles. The average Bonchev–Trinajstić information content (AvgIpc) is 1.25. The van der Waals surface area contributed by atoms with Crippen molar-refractivity contribution in [2.45, 2.75) is 82.8 Å². The van der Waals surface area contributed by atoms with E-state index in [1.54, 1.807) is 74.8 Å². The first-order valence-corrected chi connectivity index (χ1v) is 37.7. The van der Waals surface area contributed by atoms with Crippen molar-refractivity contribution >= 4 is 202 Å². The monoisotopic (exact) mass is 1900 g/mol. The van der Waals surface area contributed by atoms with Crippen LogP contribution in [0.2, 0.25) is 10.0 Å². The smallest absolute Gasteiger partial charge is 0.472 e. The van der Waals surface area contributed by atoms with E-state index in [1.165, 1.54) is 65.4 Å². The third-order valence-corrected chi connectivity index (χ3v) is 18.4. The standard InChI is InChI=1S/C23H22F7IN2O4S.C19H18ClN3O4.C15H18ClN3O.2C4H8N2S4.Mn.Zn/c1-12-10-13(21(24,22(25,26)27)23(28,29)30)8-9-16(12)32-18(34)14-6-5-7-15(31)17(14)19(35)33-20(2,3)11-38(4,36)37;1-25-19(24)23(26-2)17-6-4-3-5-14(17)13-27-18-11-12-22(21-18)16-9-7-15(20)8-10-16;1-11(12-2-3-12)15(20,8-19-10-17-9-18-19)13-4-6-14(16)7-5-13;2*7-3(8)5-1-2-6-4(9)10;;/h5-10H,11H2,1-4H3,(H,32,34)(H,33,35);3-12H,13H2,1-2H3;4-7,9-12,20H,2-3,8H2,1H3;2*1-2H2,(H2,5,7,8)(H2,6,9,10);;/q;;;;;2*+2/p-4. The summed E-state index contributed by atoms with van der Waals surface area (Å²) < 4.78 is 132. The Bertz CT molecular complexity index is 4140. The fourth-order valence-corrected chi connectivity index (χ4v) is 12.8. The van der Waals surface area contributed by atoms with Crippen LogP contribution in [0.5, 0.6) is 5.88 Å². The molecule has 0 aliphatic heterocycles. The molecule has 1 radical (unpaired) electrons. The number of nitrogens with zero attached hydrogens (tertiary/aromatic N) is 6. The zero-order valence-corrected chi connectivity index (χ0v) is 72.8. The third kappa shape index (κ3) is 32.2. The predicted molar refractivity (Wildman–Crippen MR) is 425 cm³/mol. The Balaban J connectivity index is 0.000000492. The third-order valence-electron chi connectivity index (χ3n) is 14.6. The number of methoxy groups -OCH3 is 1. The molecule has 21 nitrogen and oxygen atoms in total. The summed E-state index contributed by atoms with van der Waals surface area (Å²) in [5.41, 5.74) is -7.37. The van der Waals surface area contributed by atoms with Gasteiger partial charge in [-0.15, -0.1) is 5.10 Å². The number of aliphatic hydroxyl groups is 1. The maximum Gasteiger partial charge on any atom is 2.00 e. The van der Waals surface area contributed by atoms with Gasteiger partial charge in [-0.05, 0) is 140 Å². The summed E-state index contributed by atoms with van der Waals surface area (Å²) in [5.74, 6) is -0.940. The molecular formula is C65H70Cl2F7IMnN12O9S9Zn. The fourth-order valence-electron chi connectivity index (χ4n) is 9.60. The van der Waals surface area contributed by atoms with E-state index < -0.39 is 68.2 Å². The van der Waals surface area contributed by atoms with Gasteiger partial charge in [0.05, 0.1) is 49.0 Å². The largest absolute Gasteiger partial charge is 2.00 e. The van der Waals surface area contributed by atoms with Crippen LogP contribution in [0.1, 0.15) is 76.6 Å². The minimum atomic E-state index is -6.30. The summed E-state index contributed by atoms with van der Waals surface area (Å²) in [6.07, 6.45) is -4.94. The maximum absolute atomic E-state index is 14.4. The molecule has 107 heavy (non-hydrogen) atoms. The molecule has 3 amide bonds. The molecule has 2 atom stereocenters. The molecule has 42 heteroatoms. The van der Waals surface area contributed by atoms with Crippen molar-refractivity contribution in [1.29, 1.82) is 0 Å². The number of carbonyl (C=O) groups is 3. The summed E-state index contributed by atoms with van der Waals surface area (Å²) in [7, 11) is -0.808. The molecule has 0 spiro atoms. The molecule has 2 heterocycles. The van der Waals surface area contributed by atoms with Gasteiger partial charge in [0.25, 0.3) is 11.8 Å². The second kappa shape index (κ2) is 45.3. The van der Waals surface area contributed by atoms with E-state index >= 15 is 0 Å². The molecule has 7 N–H and O–H groups in total. The van der Waals surface area contributed by atoms with Gasteiger partial charge in [0.15, 0.2) is 0 Å². The number of aromatic nitrogens is 5. The number of hydrogen-bond donors (Lipinski definition) is 7. The van der Waals surface area contributed by atoms with Crippen molar-refractivity contribution < 1.29 is 109 Å². The topological polar surface area (TPSA) is 257 Å². The molecular weight excluding hydrogens is 1830 g/mol. The van der Waals surface area contributed by atoms with E-state index in [4.69, 9.17) is 37.5 Å². The number of thiocarbonyl (C=S) groups is 4. The number of hydrogen-bond acceptors (Lipinski definition) is 20. The van der Waals surface area contributed by atoms with Gasteiger partial charge in [0.1, 0.15) is 34.7 Å². The van der Waals surface area contributed by atoms with Gasteiger partial charge >= 0.3 is 60.7 Å². The minimum absolute atomic E-state index is 0. The van der Waals surface area contributed by atoms with Crippen LogP contribution in [0.4, 0.5) is 46.9 Å². The number of alkyl halides is 7. The summed E-state index contributed by atoms with van der Waals surface area (Å²) >= 11 is 50.4. The number of aryl methyl sites for hydroxylation is 1. The molecule has 1 aliphatic carbocycles. The number of anilines is 2. The SMILES string of the molecule is CC(C1CC1)C(O)(Cn1cncn1)c1ccc(Cl)cc1.COC(=O)N(OC)c1ccccc1COc1ccn(-c2ccc(Cl)cc2)n1.Cc1cc(C(F)(C(F)(F)F)C(F)(F)F)ccc1NC(=O)c1cccc(I)c1C(=O)NC(C)(C)CS(C)(=O)=O.S=C([S-])NCCNC(=S)[S-].S=C([S-])NCCNC(=S)[S-].[Mn+2].[Zn+2]. The van der Waals surface area contributed by atoms with Crippen molar-refractivity contribution in [3.63, 3.8) is 0 Å². The zero-order chi connectivity index (χ0) is 78.8. The number of halogens is 10. The fraction of sp³-hybridized carbons (Fsp3) is 0.354. The molecule has 5 aromatic carbocycles. The van der Waals surface area contributed by atoms with Gasteiger partial charge in [0, 0.05) is 80.7 Å². The van der Waals surface area contributed by atoms with Crippen LogP contribution in [0, 0.1) is 22.3 Å². The summed E-state index contributed by atoms with van der Waals surface area (Å²) in [4.78, 5) is 47.0. The van der Waals surface area contributed by atoms with Crippen LogP contribution < -0.4 is 41.7 Å². The van der Waals surface area contributed by atoms with Gasteiger partial charge in [-0.25, -0.2) is 32.0 Å². The van der Waals surface area contributed by atoms with Gasteiger partial charge in [-0.1, -0.05) is 95.9 Å². The van der Waals surface area contributed by atoms with E-state index in [2.05, 4.69) is 153 Å². The Morgan fingerprint density at radius 2 is 1.27 bits per heavy atom. The Hall–Kier alpha value is -5.27. The van der Waals surface area contributed by atoms with Crippen LogP contribution in [0.25, 0.3) is 5.69 Å². The second-order valence-electron chi connectivity index (χ2n) is 23.2. The summed E-state index contributed by atoms with van der Waals surface area (Å²) in [5, 5.41) is 38.2. The molecule has 0 saturated heterocycles. The van der Waals surface area contributed by atoms with Crippen LogP contribution in [-0.4, -0.2) is 144 Å². The first kappa shape index (κ1) is 97.8. The Morgan fingerprint density at radius 3 is 1.73 bits per heavy atom. The van der Waals surface area contributed by atoms with Crippen LogP contribution in [0.15, 0.2) is 134 Å². The van der Waals surface area contributed by atoms with Crippen LogP contribution in [-0.2, 0) is 131 Å². The van der Waals surface area contributed by atoms with Crippen molar-refractivity contribution in [3.05, 3.63) is 181 Å². The molecule has 7 aromatic rings. The summed E-state index contributed by atoms with van der Waals surface area (Å²) in [6.45, 7) is 9.37. The molecule has 2 aromatic heterocycles. The van der Waals surface area contributed by atoms with E-state index in [0.29, 0.717) is 93.2 Å². The quantitative estimate of drug-likeness (QED) is 0.00564. The van der Waals surface area contributed by atoms with E-state index in [-0.39, 0.29) is 77.5 Å². The average molecular weight is 1900 g/mol. The number of sulfone groups is 1. The summed E-state index contributed by atoms with van der Waals surface area (Å²) in [6, 6.07) is 29.2. The number of benzene rings is 5. The van der Waals surface area contributed by atoms with Crippen LogP contribution in [0.3, 0.4) is 0 Å². The van der Waals surface area contributed by atoms with Gasteiger partial charge < -0.3 is 146 Å². The molecule has 1 aliphatic rings. The number of carbonyl (C=O) groups excluding carboxylic acids is 3. The molecule has 0 bridgehead atoms. The van der Waals surface area contributed by atoms with Crippen molar-refractivity contribution in [3.8, 4) is 11.6 Å². The zero-order valence-electron chi connectivity index (χ0n) is 57.7. The number of amides is 3. The first-order chi connectivity index (χ1) is 49.0. The number of nitrogens with one attached hydrogen (secondary N) is 6. The van der Waals surface area contributed by atoms with Crippen molar-refractivity contribution in [2.24, 2.45) is 11.8 Å². The van der Waals surface area contributed by atoms with Gasteiger partial charge in [0.2, 0.25) is 5.88 Å². The molecule has 1 fully saturated rings. The van der Waals surface area contributed by atoms with E-state index in [0.717, 1.165) is 35.1 Å². The number of para-hydroxylation sites is 1. The number of ether oxygens (including phenoxy) is 2. The van der Waals surface area contributed by atoms with E-state index in [1.807, 2.05) is 48.5 Å². The molecule has 577 valence electrons. The van der Waals surface area contributed by atoms with E-state index in [9.17, 15) is 58.6 Å². The predicted octanol–water partition coefficient (Wildman–Crippen LogP) is 12.5. The van der Waals surface area contributed by atoms with Crippen LogP contribution >= 0.6 is 94.7 Å². The minimum Gasteiger partial charge on any atom is -0.472 e. The maximum atomic E-state index is 14.4. The molecule has 2 unspecified atom stereocenters. The van der Waals surface area contributed by atoms with Crippen molar-refractivity contribution in [1.82, 2.24) is 51.1 Å². The normalized spacial score (nSPS) is 12.6. The first-order valence-electron chi connectivity index (χ1n) is 30.6. The number of hydroxylamine groups is 1. The van der Waals surface area contributed by atoms with Crippen molar-refractivity contribution in [2.75, 3.05) is 62.8 Å². The second-order valence-corrected chi connectivity index (χ2v) is 31.6. The number of rotatable bonds is 24. The van der Waals surface area contributed by atoms with Gasteiger partial charge in [-0.3, -0.25) is 14.4 Å².